The Balaban J connectivity index is 1.42. The number of carbonyl (C=O) groups excluding carboxylic acids is 2. The topological polar surface area (TPSA) is 95.7 Å². The molecule has 1 atom stereocenters. The highest BCUT2D eigenvalue weighted by molar-refractivity contribution is 6.31. The lowest BCUT2D eigenvalue weighted by Crippen LogP contribution is -2.41. The molecule has 7 heteroatoms. The van der Waals surface area contributed by atoms with Crippen molar-refractivity contribution in [3.8, 4) is 5.75 Å². The fourth-order valence-electron chi connectivity index (χ4n) is 4.21. The molecule has 2 amide bonds. The summed E-state index contributed by atoms with van der Waals surface area (Å²) in [7, 11) is 0. The standard InChI is InChI=1S/C22H24ClN3O3/c1-12-8-19(27)16(11-17(12)23)21(24)13-4-6-26(7-5-13)22(29)14-2-3-18-15(9-14)10-20(28)25-18/h2-3,8-9,11,13,21,27H,4-7,10,24H2,1H3,(H,25,28)/t21-/m1/s1. The van der Waals surface area contributed by atoms with Crippen LogP contribution in [0.3, 0.4) is 0 Å². The van der Waals surface area contributed by atoms with Crippen molar-refractivity contribution < 1.29 is 14.7 Å². The van der Waals surface area contributed by atoms with Gasteiger partial charge in [-0.15, -0.1) is 0 Å². The summed E-state index contributed by atoms with van der Waals surface area (Å²) in [6, 6.07) is 8.41. The van der Waals surface area contributed by atoms with Crippen LogP contribution < -0.4 is 11.1 Å². The van der Waals surface area contributed by atoms with Crippen molar-refractivity contribution in [1.82, 2.24) is 4.90 Å². The van der Waals surface area contributed by atoms with Crippen LogP contribution in [0.2, 0.25) is 5.02 Å². The fraction of sp³-hybridized carbons (Fsp3) is 0.364. The molecule has 6 nitrogen and oxygen atoms in total. The first-order valence-corrected chi connectivity index (χ1v) is 10.2. The van der Waals surface area contributed by atoms with Crippen LogP contribution in [0.4, 0.5) is 5.69 Å². The molecule has 0 unspecified atom stereocenters. The number of nitrogens with two attached hydrogens (primary N) is 1. The maximum absolute atomic E-state index is 12.9. The van der Waals surface area contributed by atoms with Crippen molar-refractivity contribution in [3.63, 3.8) is 0 Å². The molecule has 2 aromatic carbocycles. The Kier molecular flexibility index (Phi) is 5.23. The van der Waals surface area contributed by atoms with Gasteiger partial charge in [0.25, 0.3) is 5.91 Å². The molecule has 2 aliphatic rings. The lowest BCUT2D eigenvalue weighted by Gasteiger charge is -2.35. The van der Waals surface area contributed by atoms with Crippen molar-refractivity contribution in [2.45, 2.75) is 32.2 Å². The summed E-state index contributed by atoms with van der Waals surface area (Å²) < 4.78 is 0. The Morgan fingerprint density at radius 2 is 2.00 bits per heavy atom. The summed E-state index contributed by atoms with van der Waals surface area (Å²) >= 11 is 6.21. The number of aryl methyl sites for hydroxylation is 1. The number of nitrogens with one attached hydrogen (secondary N) is 1. The maximum Gasteiger partial charge on any atom is 0.253 e. The van der Waals surface area contributed by atoms with Gasteiger partial charge in [0.1, 0.15) is 5.75 Å². The van der Waals surface area contributed by atoms with Crippen LogP contribution in [0.25, 0.3) is 0 Å². The molecule has 0 aliphatic carbocycles. The summed E-state index contributed by atoms with van der Waals surface area (Å²) in [5, 5.41) is 13.6. The molecule has 2 aromatic rings. The van der Waals surface area contributed by atoms with E-state index in [-0.39, 0.29) is 29.5 Å². The molecule has 0 bridgehead atoms. The lowest BCUT2D eigenvalue weighted by molar-refractivity contribution is -0.115. The van der Waals surface area contributed by atoms with Gasteiger partial charge in [0.15, 0.2) is 0 Å². The van der Waals surface area contributed by atoms with Crippen LogP contribution in [0.15, 0.2) is 30.3 Å². The number of phenolic OH excluding ortho intramolecular Hbond substituents is 1. The Morgan fingerprint density at radius 1 is 1.28 bits per heavy atom. The number of piperidine rings is 1. The van der Waals surface area contributed by atoms with Gasteiger partial charge in [-0.1, -0.05) is 11.6 Å². The van der Waals surface area contributed by atoms with E-state index in [1.165, 1.54) is 0 Å². The van der Waals surface area contributed by atoms with Crippen molar-refractivity contribution >= 4 is 29.1 Å². The van der Waals surface area contributed by atoms with E-state index >= 15 is 0 Å². The van der Waals surface area contributed by atoms with Crippen LogP contribution in [0, 0.1) is 12.8 Å². The van der Waals surface area contributed by atoms with Gasteiger partial charge in [-0.05, 0) is 67.1 Å². The SMILES string of the molecule is Cc1cc(O)c([C@H](N)C2CCN(C(=O)c3ccc4c(c3)CC(=O)N4)CC2)cc1Cl. The molecule has 1 saturated heterocycles. The molecule has 0 aromatic heterocycles. The molecule has 2 aliphatic heterocycles. The van der Waals surface area contributed by atoms with E-state index in [0.29, 0.717) is 35.7 Å². The van der Waals surface area contributed by atoms with E-state index in [9.17, 15) is 14.7 Å². The Morgan fingerprint density at radius 3 is 2.72 bits per heavy atom. The van der Waals surface area contributed by atoms with Crippen LogP contribution >= 0.6 is 11.6 Å². The average molecular weight is 414 g/mol. The number of fused-ring (bicyclic) bond motifs is 1. The number of hydrogen-bond acceptors (Lipinski definition) is 4. The predicted octanol–water partition coefficient (Wildman–Crippen LogP) is 3.40. The number of anilines is 1. The monoisotopic (exact) mass is 413 g/mol. The van der Waals surface area contributed by atoms with Gasteiger partial charge in [0.2, 0.25) is 5.91 Å². The van der Waals surface area contributed by atoms with Crippen LogP contribution in [0.5, 0.6) is 5.75 Å². The Labute approximate surface area is 174 Å². The quantitative estimate of drug-likeness (QED) is 0.718. The summed E-state index contributed by atoms with van der Waals surface area (Å²) in [6.07, 6.45) is 1.82. The van der Waals surface area contributed by atoms with Crippen LogP contribution in [-0.4, -0.2) is 34.9 Å². The number of aromatic hydroxyl groups is 1. The van der Waals surface area contributed by atoms with E-state index in [1.807, 2.05) is 11.8 Å². The van der Waals surface area contributed by atoms with Crippen molar-refractivity contribution in [2.24, 2.45) is 11.7 Å². The number of amides is 2. The van der Waals surface area contributed by atoms with E-state index in [2.05, 4.69) is 5.32 Å². The van der Waals surface area contributed by atoms with E-state index in [0.717, 1.165) is 29.7 Å². The minimum absolute atomic E-state index is 0.0274. The molecule has 2 heterocycles. The van der Waals surface area contributed by atoms with Crippen molar-refractivity contribution in [2.75, 3.05) is 18.4 Å². The number of likely N-dealkylation sites (tertiary alicyclic amines) is 1. The molecule has 0 saturated carbocycles. The normalized spacial score (nSPS) is 17.8. The first-order chi connectivity index (χ1) is 13.8. The highest BCUT2D eigenvalue weighted by Crippen LogP contribution is 2.36. The number of phenols is 1. The summed E-state index contributed by atoms with van der Waals surface area (Å²) in [4.78, 5) is 26.2. The lowest BCUT2D eigenvalue weighted by atomic mass is 9.85. The highest BCUT2D eigenvalue weighted by atomic mass is 35.5. The number of rotatable bonds is 3. The number of halogens is 1. The zero-order valence-electron chi connectivity index (χ0n) is 16.2. The number of nitrogens with zero attached hydrogens (tertiary/aromatic N) is 1. The summed E-state index contributed by atoms with van der Waals surface area (Å²) in [5.74, 6) is 0.254. The minimum Gasteiger partial charge on any atom is -0.508 e. The molecule has 4 rings (SSSR count). The van der Waals surface area contributed by atoms with Crippen LogP contribution in [-0.2, 0) is 11.2 Å². The third kappa shape index (κ3) is 3.82. The van der Waals surface area contributed by atoms with Gasteiger partial charge in [0, 0.05) is 41.0 Å². The third-order valence-corrected chi connectivity index (χ3v) is 6.39. The summed E-state index contributed by atoms with van der Waals surface area (Å²) in [5.41, 5.74) is 10.2. The molecule has 1 fully saturated rings. The molecular weight excluding hydrogens is 390 g/mol. The minimum atomic E-state index is -0.331. The number of benzene rings is 2. The van der Waals surface area contributed by atoms with Gasteiger partial charge in [0.05, 0.1) is 6.42 Å². The van der Waals surface area contributed by atoms with E-state index in [1.54, 1.807) is 30.3 Å². The predicted molar refractivity (Wildman–Crippen MR) is 112 cm³/mol. The van der Waals surface area contributed by atoms with Crippen LogP contribution in [0.1, 0.15) is 45.9 Å². The first kappa shape index (κ1) is 19.7. The van der Waals surface area contributed by atoms with Crippen molar-refractivity contribution in [3.05, 3.63) is 57.6 Å². The largest absolute Gasteiger partial charge is 0.508 e. The molecular formula is C22H24ClN3O3. The highest BCUT2D eigenvalue weighted by Gasteiger charge is 2.30. The van der Waals surface area contributed by atoms with Gasteiger partial charge in [-0.2, -0.15) is 0 Å². The molecule has 0 spiro atoms. The van der Waals surface area contributed by atoms with Gasteiger partial charge < -0.3 is 21.1 Å². The number of hydrogen-bond donors (Lipinski definition) is 3. The Hall–Kier alpha value is -2.57. The Bertz CT molecular complexity index is 984. The second-order valence-electron chi connectivity index (χ2n) is 7.91. The zero-order valence-corrected chi connectivity index (χ0v) is 17.0. The first-order valence-electron chi connectivity index (χ1n) is 9.80. The average Bonchev–Trinajstić information content (AvgIpc) is 3.09. The van der Waals surface area contributed by atoms with Gasteiger partial charge >= 0.3 is 0 Å². The maximum atomic E-state index is 12.9. The zero-order chi connectivity index (χ0) is 20.7. The van der Waals surface area contributed by atoms with Crippen molar-refractivity contribution in [1.29, 1.82) is 0 Å². The van der Waals surface area contributed by atoms with E-state index in [4.69, 9.17) is 17.3 Å². The smallest absolute Gasteiger partial charge is 0.253 e. The molecule has 152 valence electrons. The van der Waals surface area contributed by atoms with Gasteiger partial charge in [-0.3, -0.25) is 9.59 Å². The van der Waals surface area contributed by atoms with Gasteiger partial charge in [-0.25, -0.2) is 0 Å². The molecule has 4 N–H and O–H groups in total. The second-order valence-corrected chi connectivity index (χ2v) is 8.32. The second kappa shape index (κ2) is 7.69. The molecule has 29 heavy (non-hydrogen) atoms. The summed E-state index contributed by atoms with van der Waals surface area (Å²) in [6.45, 7) is 3.05. The van der Waals surface area contributed by atoms with E-state index < -0.39 is 0 Å². The third-order valence-electron chi connectivity index (χ3n) is 5.98. The number of carbonyl (C=O) groups is 2. The fourth-order valence-corrected chi connectivity index (χ4v) is 4.38. The molecule has 0 radical (unpaired) electrons.